The molecule has 5 nitrogen and oxygen atoms in total. The van der Waals surface area contributed by atoms with E-state index < -0.39 is 6.09 Å². The molecular weight excluding hydrogens is 162 g/mol. The number of phenolic OH excluding ortho intramolecular Hbond substituents is 1. The van der Waals surface area contributed by atoms with Crippen LogP contribution in [0.4, 0.5) is 4.79 Å². The minimum Gasteiger partial charge on any atom is -0.504 e. The molecular formula is C7H7NO4. The van der Waals surface area contributed by atoms with E-state index in [1.165, 1.54) is 17.6 Å². The van der Waals surface area contributed by atoms with Crippen LogP contribution in [0, 0.1) is 0 Å². The van der Waals surface area contributed by atoms with Gasteiger partial charge >= 0.3 is 6.09 Å². The number of benzene rings is 1. The van der Waals surface area contributed by atoms with Gasteiger partial charge in [-0.3, -0.25) is 5.21 Å². The van der Waals surface area contributed by atoms with Crippen molar-refractivity contribution in [2.24, 2.45) is 0 Å². The number of ether oxygens (including phenoxy) is 1. The molecule has 0 spiro atoms. The fourth-order valence-corrected chi connectivity index (χ4v) is 0.666. The molecule has 5 heteroatoms. The number of nitrogens with one attached hydrogen (secondary N) is 1. The van der Waals surface area contributed by atoms with E-state index in [1.54, 1.807) is 12.1 Å². The lowest BCUT2D eigenvalue weighted by molar-refractivity contribution is 0.126. The predicted molar refractivity (Wildman–Crippen MR) is 39.1 cm³/mol. The number of rotatable bonds is 1. The molecule has 0 aliphatic heterocycles. The monoisotopic (exact) mass is 169 g/mol. The Morgan fingerprint density at radius 2 is 2.08 bits per heavy atom. The maximum absolute atomic E-state index is 10.4. The van der Waals surface area contributed by atoms with Crippen molar-refractivity contribution in [1.29, 1.82) is 0 Å². The van der Waals surface area contributed by atoms with Gasteiger partial charge in [0.2, 0.25) is 0 Å². The molecule has 1 aromatic carbocycles. The van der Waals surface area contributed by atoms with Crippen LogP contribution in [0.25, 0.3) is 0 Å². The minimum atomic E-state index is -1.04. The van der Waals surface area contributed by atoms with Crippen LogP contribution in [0.2, 0.25) is 0 Å². The molecule has 0 unspecified atom stereocenters. The highest BCUT2D eigenvalue weighted by Gasteiger charge is 2.05. The van der Waals surface area contributed by atoms with Crippen molar-refractivity contribution in [2.45, 2.75) is 0 Å². The Kier molecular flexibility index (Phi) is 2.49. The maximum Gasteiger partial charge on any atom is 0.436 e. The topological polar surface area (TPSA) is 78.8 Å². The highest BCUT2D eigenvalue weighted by atomic mass is 16.6. The largest absolute Gasteiger partial charge is 0.504 e. The molecule has 1 aromatic rings. The summed E-state index contributed by atoms with van der Waals surface area (Å²) in [6.07, 6.45) is -1.04. The van der Waals surface area contributed by atoms with E-state index in [1.807, 2.05) is 0 Å². The van der Waals surface area contributed by atoms with Crippen LogP contribution in [0.3, 0.4) is 0 Å². The summed E-state index contributed by atoms with van der Waals surface area (Å²) < 4.78 is 4.44. The lowest BCUT2D eigenvalue weighted by atomic mass is 10.3. The van der Waals surface area contributed by atoms with Gasteiger partial charge in [-0.25, -0.2) is 10.3 Å². The average Bonchev–Trinajstić information content (AvgIpc) is 2.09. The van der Waals surface area contributed by atoms with Gasteiger partial charge in [0.1, 0.15) is 0 Å². The summed E-state index contributed by atoms with van der Waals surface area (Å²) in [6.45, 7) is 0. The first-order valence-electron chi connectivity index (χ1n) is 3.14. The van der Waals surface area contributed by atoms with Crippen molar-refractivity contribution in [2.75, 3.05) is 0 Å². The first-order valence-corrected chi connectivity index (χ1v) is 3.14. The zero-order valence-corrected chi connectivity index (χ0v) is 6.02. The molecule has 0 aliphatic carbocycles. The summed E-state index contributed by atoms with van der Waals surface area (Å²) in [5.74, 6) is -0.176. The number of carbonyl (C=O) groups excluding carboxylic acids is 1. The van der Waals surface area contributed by atoms with E-state index in [0.29, 0.717) is 0 Å². The van der Waals surface area contributed by atoms with E-state index in [0.717, 1.165) is 0 Å². The van der Waals surface area contributed by atoms with Crippen LogP contribution in [0.1, 0.15) is 0 Å². The third-order valence-corrected chi connectivity index (χ3v) is 1.16. The van der Waals surface area contributed by atoms with E-state index in [-0.39, 0.29) is 11.5 Å². The molecule has 1 amide bonds. The van der Waals surface area contributed by atoms with Crippen molar-refractivity contribution >= 4 is 6.09 Å². The van der Waals surface area contributed by atoms with Crippen molar-refractivity contribution < 1.29 is 19.8 Å². The van der Waals surface area contributed by atoms with Gasteiger partial charge in [-0.1, -0.05) is 12.1 Å². The molecule has 1 rings (SSSR count). The van der Waals surface area contributed by atoms with Crippen molar-refractivity contribution in [3.8, 4) is 11.5 Å². The Morgan fingerprint density at radius 1 is 1.42 bits per heavy atom. The Hall–Kier alpha value is -1.75. The quantitative estimate of drug-likeness (QED) is 0.430. The molecule has 0 heterocycles. The number of hydroxylamine groups is 1. The Bertz CT molecular complexity index is 286. The van der Waals surface area contributed by atoms with Gasteiger partial charge < -0.3 is 9.84 Å². The van der Waals surface area contributed by atoms with E-state index in [4.69, 9.17) is 10.3 Å². The number of hydrogen-bond acceptors (Lipinski definition) is 4. The van der Waals surface area contributed by atoms with Crippen molar-refractivity contribution in [1.82, 2.24) is 5.48 Å². The van der Waals surface area contributed by atoms with Crippen LogP contribution in [0.15, 0.2) is 24.3 Å². The minimum absolute atomic E-state index is 0.0101. The van der Waals surface area contributed by atoms with E-state index in [9.17, 15) is 4.79 Å². The number of hydrogen-bond donors (Lipinski definition) is 3. The van der Waals surface area contributed by atoms with E-state index in [2.05, 4.69) is 4.74 Å². The number of para-hydroxylation sites is 2. The summed E-state index contributed by atoms with van der Waals surface area (Å²) in [4.78, 5) is 10.4. The van der Waals surface area contributed by atoms with Gasteiger partial charge in [-0.05, 0) is 12.1 Å². The molecule has 64 valence electrons. The third kappa shape index (κ3) is 1.86. The van der Waals surface area contributed by atoms with Crippen molar-refractivity contribution in [3.05, 3.63) is 24.3 Å². The van der Waals surface area contributed by atoms with Crippen LogP contribution in [0.5, 0.6) is 11.5 Å². The normalized spacial score (nSPS) is 9.08. The molecule has 0 saturated heterocycles. The van der Waals surface area contributed by atoms with E-state index >= 15 is 0 Å². The van der Waals surface area contributed by atoms with Gasteiger partial charge in [0.15, 0.2) is 11.5 Å². The maximum atomic E-state index is 10.4. The lowest BCUT2D eigenvalue weighted by Gasteiger charge is -2.03. The zero-order valence-electron chi connectivity index (χ0n) is 6.02. The van der Waals surface area contributed by atoms with Crippen LogP contribution in [-0.2, 0) is 0 Å². The predicted octanol–water partition coefficient (Wildman–Crippen LogP) is 0.870. The molecule has 0 radical (unpaired) electrons. The molecule has 0 fully saturated rings. The van der Waals surface area contributed by atoms with Crippen LogP contribution in [-0.4, -0.2) is 16.4 Å². The Morgan fingerprint density at radius 3 is 2.67 bits per heavy atom. The van der Waals surface area contributed by atoms with Crippen LogP contribution < -0.4 is 10.2 Å². The number of carbonyl (C=O) groups is 1. The summed E-state index contributed by atoms with van der Waals surface area (Å²) in [5, 5.41) is 17.1. The SMILES string of the molecule is O=C(NO)Oc1ccccc1O. The molecule has 0 aromatic heterocycles. The first-order chi connectivity index (χ1) is 5.74. The molecule has 0 bridgehead atoms. The molecule has 0 aliphatic rings. The van der Waals surface area contributed by atoms with Gasteiger partial charge in [-0.15, -0.1) is 0 Å². The molecule has 12 heavy (non-hydrogen) atoms. The summed E-state index contributed by atoms with van der Waals surface area (Å²) in [6, 6.07) is 5.92. The Labute approximate surface area is 68.2 Å². The number of phenols is 1. The number of amides is 1. The molecule has 0 saturated carbocycles. The number of aromatic hydroxyl groups is 1. The third-order valence-electron chi connectivity index (χ3n) is 1.16. The molecule has 0 atom stereocenters. The lowest BCUT2D eigenvalue weighted by Crippen LogP contribution is -2.22. The molecule has 3 N–H and O–H groups in total. The fraction of sp³-hybridized carbons (Fsp3) is 0. The smallest absolute Gasteiger partial charge is 0.436 e. The highest BCUT2D eigenvalue weighted by Crippen LogP contribution is 2.23. The second-order valence-electron chi connectivity index (χ2n) is 1.97. The summed E-state index contributed by atoms with van der Waals surface area (Å²) >= 11 is 0. The van der Waals surface area contributed by atoms with Crippen LogP contribution >= 0.6 is 0 Å². The van der Waals surface area contributed by atoms with Gasteiger partial charge in [-0.2, -0.15) is 0 Å². The van der Waals surface area contributed by atoms with Gasteiger partial charge in [0.25, 0.3) is 0 Å². The van der Waals surface area contributed by atoms with Gasteiger partial charge in [0, 0.05) is 0 Å². The summed E-state index contributed by atoms with van der Waals surface area (Å²) in [7, 11) is 0. The standard InChI is InChI=1S/C7H7NO4/c9-5-3-1-2-4-6(5)12-7(10)8-11/h1-4,9,11H,(H,8,10). The highest BCUT2D eigenvalue weighted by molar-refractivity contribution is 5.69. The fourth-order valence-electron chi connectivity index (χ4n) is 0.666. The zero-order chi connectivity index (χ0) is 8.97. The summed E-state index contributed by atoms with van der Waals surface area (Å²) in [5.41, 5.74) is 1.27. The first kappa shape index (κ1) is 8.35. The second kappa shape index (κ2) is 3.59. The second-order valence-corrected chi connectivity index (χ2v) is 1.97. The van der Waals surface area contributed by atoms with Gasteiger partial charge in [0.05, 0.1) is 0 Å². The average molecular weight is 169 g/mol. The van der Waals surface area contributed by atoms with Crippen molar-refractivity contribution in [3.63, 3.8) is 0 Å². The Balaban J connectivity index is 2.75.